The second-order valence-electron chi connectivity index (χ2n) is 5.96. The van der Waals surface area contributed by atoms with E-state index >= 15 is 0 Å². The van der Waals surface area contributed by atoms with Gasteiger partial charge < -0.3 is 14.8 Å². The molecule has 0 radical (unpaired) electrons. The average molecular weight is 384 g/mol. The van der Waals surface area contributed by atoms with E-state index in [2.05, 4.69) is 5.32 Å². The molecule has 0 saturated carbocycles. The number of nitro benzene ring substituents is 1. The van der Waals surface area contributed by atoms with Crippen LogP contribution in [0.25, 0.3) is 6.08 Å². The number of hydrogen-bond acceptors (Lipinski definition) is 6. The average Bonchev–Trinajstić information content (AvgIpc) is 2.66. The molecule has 1 atom stereocenters. The molecule has 0 heterocycles. The zero-order chi connectivity index (χ0) is 20.7. The van der Waals surface area contributed by atoms with Gasteiger partial charge in [0.1, 0.15) is 5.75 Å². The summed E-state index contributed by atoms with van der Waals surface area (Å²) < 4.78 is 10.2. The minimum atomic E-state index is -1.11. The Morgan fingerprint density at radius 2 is 1.96 bits per heavy atom. The summed E-state index contributed by atoms with van der Waals surface area (Å²) in [5.41, 5.74) is 1.78. The van der Waals surface area contributed by atoms with Gasteiger partial charge in [-0.05, 0) is 31.6 Å². The molecule has 2 rings (SSSR count). The molecule has 28 heavy (non-hydrogen) atoms. The third-order valence-electron chi connectivity index (χ3n) is 3.77. The molecule has 1 amide bonds. The van der Waals surface area contributed by atoms with Crippen molar-refractivity contribution in [3.8, 4) is 5.75 Å². The molecule has 0 saturated heterocycles. The molecular formula is C20H20N2O6. The number of benzene rings is 2. The summed E-state index contributed by atoms with van der Waals surface area (Å²) in [5.74, 6) is -1.08. The van der Waals surface area contributed by atoms with Gasteiger partial charge in [0.15, 0.2) is 6.10 Å². The maximum atomic E-state index is 12.3. The van der Waals surface area contributed by atoms with Gasteiger partial charge in [-0.2, -0.15) is 0 Å². The van der Waals surface area contributed by atoms with E-state index in [4.69, 9.17) is 9.47 Å². The van der Waals surface area contributed by atoms with Crippen molar-refractivity contribution < 1.29 is 24.0 Å². The molecule has 0 aromatic heterocycles. The molecule has 0 aliphatic heterocycles. The molecular weight excluding hydrogens is 364 g/mol. The number of carbonyl (C=O) groups is 2. The van der Waals surface area contributed by atoms with Crippen molar-refractivity contribution in [3.63, 3.8) is 0 Å². The quantitative estimate of drug-likeness (QED) is 0.339. The van der Waals surface area contributed by atoms with Crippen LogP contribution in [-0.2, 0) is 14.3 Å². The number of ether oxygens (including phenoxy) is 2. The van der Waals surface area contributed by atoms with Crippen molar-refractivity contribution in [3.05, 3.63) is 69.8 Å². The summed E-state index contributed by atoms with van der Waals surface area (Å²) in [6.07, 6.45) is 1.70. The Kier molecular flexibility index (Phi) is 6.86. The first-order valence-electron chi connectivity index (χ1n) is 8.39. The second-order valence-corrected chi connectivity index (χ2v) is 5.96. The first-order chi connectivity index (χ1) is 13.3. The summed E-state index contributed by atoms with van der Waals surface area (Å²) >= 11 is 0. The van der Waals surface area contributed by atoms with Crippen LogP contribution >= 0.6 is 0 Å². The van der Waals surface area contributed by atoms with E-state index in [0.29, 0.717) is 0 Å². The highest BCUT2D eigenvalue weighted by molar-refractivity contribution is 5.97. The zero-order valence-electron chi connectivity index (χ0n) is 15.7. The highest BCUT2D eigenvalue weighted by Crippen LogP contribution is 2.29. The minimum absolute atomic E-state index is 0.111. The first-order valence-corrected chi connectivity index (χ1v) is 8.39. The molecule has 0 spiro atoms. The molecule has 0 fully saturated rings. The fourth-order valence-electron chi connectivity index (χ4n) is 2.35. The van der Waals surface area contributed by atoms with Crippen LogP contribution in [0.3, 0.4) is 0 Å². The topological polar surface area (TPSA) is 108 Å². The molecule has 0 unspecified atom stereocenters. The Morgan fingerprint density at radius 1 is 1.21 bits per heavy atom. The summed E-state index contributed by atoms with van der Waals surface area (Å²) in [4.78, 5) is 34.5. The van der Waals surface area contributed by atoms with Crippen LogP contribution in [0.5, 0.6) is 5.75 Å². The maximum Gasteiger partial charge on any atom is 0.331 e. The molecule has 0 aliphatic rings. The molecule has 0 bridgehead atoms. The Balaban J connectivity index is 2.01. The van der Waals surface area contributed by atoms with Crippen molar-refractivity contribution in [1.82, 2.24) is 0 Å². The van der Waals surface area contributed by atoms with E-state index in [0.717, 1.165) is 11.1 Å². The number of aryl methyl sites for hydroxylation is 1. The smallest absolute Gasteiger partial charge is 0.331 e. The number of amides is 1. The largest absolute Gasteiger partial charge is 0.495 e. The van der Waals surface area contributed by atoms with Gasteiger partial charge >= 0.3 is 5.97 Å². The molecule has 0 aliphatic carbocycles. The lowest BCUT2D eigenvalue weighted by Crippen LogP contribution is -2.29. The van der Waals surface area contributed by atoms with Crippen LogP contribution in [0.1, 0.15) is 18.1 Å². The molecule has 146 valence electrons. The normalized spacial score (nSPS) is 11.7. The van der Waals surface area contributed by atoms with E-state index in [-0.39, 0.29) is 17.1 Å². The van der Waals surface area contributed by atoms with Crippen molar-refractivity contribution in [2.45, 2.75) is 20.0 Å². The van der Waals surface area contributed by atoms with Crippen LogP contribution in [0, 0.1) is 17.0 Å². The van der Waals surface area contributed by atoms with E-state index in [1.165, 1.54) is 38.3 Å². The number of nitrogens with one attached hydrogen (secondary N) is 1. The second kappa shape index (κ2) is 9.31. The van der Waals surface area contributed by atoms with Crippen LogP contribution in [0.2, 0.25) is 0 Å². The fourth-order valence-corrected chi connectivity index (χ4v) is 2.35. The van der Waals surface area contributed by atoms with Gasteiger partial charge in [0.2, 0.25) is 0 Å². The SMILES string of the molecule is COc1ccc([N+](=O)[O-])cc1NC(=O)[C@@H](C)OC(=O)/C=C/c1cccc(C)c1. The Morgan fingerprint density at radius 3 is 2.61 bits per heavy atom. The zero-order valence-corrected chi connectivity index (χ0v) is 15.7. The number of nitrogens with zero attached hydrogens (tertiary/aromatic N) is 1. The highest BCUT2D eigenvalue weighted by Gasteiger charge is 2.20. The monoisotopic (exact) mass is 384 g/mol. The molecule has 8 heteroatoms. The number of esters is 1. The summed E-state index contributed by atoms with van der Waals surface area (Å²) in [6.45, 7) is 3.34. The van der Waals surface area contributed by atoms with Gasteiger partial charge in [0.05, 0.1) is 17.7 Å². The van der Waals surface area contributed by atoms with Gasteiger partial charge in [-0.1, -0.05) is 29.8 Å². The van der Waals surface area contributed by atoms with Crippen LogP contribution in [0.15, 0.2) is 48.5 Å². The molecule has 8 nitrogen and oxygen atoms in total. The molecule has 2 aromatic carbocycles. The fraction of sp³-hybridized carbons (Fsp3) is 0.200. The van der Waals surface area contributed by atoms with E-state index in [9.17, 15) is 19.7 Å². The van der Waals surface area contributed by atoms with Gasteiger partial charge in [0, 0.05) is 18.2 Å². The summed E-state index contributed by atoms with van der Waals surface area (Å²) in [5, 5.41) is 13.4. The number of anilines is 1. The van der Waals surface area contributed by atoms with Gasteiger partial charge in [-0.3, -0.25) is 14.9 Å². The predicted octanol–water partition coefficient (Wildman–Crippen LogP) is 3.50. The number of rotatable bonds is 7. The minimum Gasteiger partial charge on any atom is -0.495 e. The first kappa shape index (κ1) is 20.6. The van der Waals surface area contributed by atoms with Crippen molar-refractivity contribution >= 4 is 29.3 Å². The van der Waals surface area contributed by atoms with E-state index in [1.807, 2.05) is 31.2 Å². The highest BCUT2D eigenvalue weighted by atomic mass is 16.6. The van der Waals surface area contributed by atoms with Crippen LogP contribution in [-0.4, -0.2) is 30.0 Å². The Labute approximate surface area is 161 Å². The van der Waals surface area contributed by atoms with Crippen molar-refractivity contribution in [2.75, 3.05) is 12.4 Å². The standard InChI is InChI=1S/C20H20N2O6/c1-13-5-4-6-15(11-13)7-10-19(23)28-14(2)20(24)21-17-12-16(22(25)26)8-9-18(17)27-3/h4-12,14H,1-3H3,(H,21,24)/b10-7+/t14-/m1/s1. The number of carbonyl (C=O) groups excluding carboxylic acids is 2. The van der Waals surface area contributed by atoms with Gasteiger partial charge in [-0.15, -0.1) is 0 Å². The summed E-state index contributed by atoms with van der Waals surface area (Å²) in [6, 6.07) is 11.3. The predicted molar refractivity (Wildman–Crippen MR) is 104 cm³/mol. The Hall–Kier alpha value is -3.68. The molecule has 1 N–H and O–H groups in total. The van der Waals surface area contributed by atoms with E-state index < -0.39 is 22.9 Å². The number of non-ortho nitro benzene ring substituents is 1. The van der Waals surface area contributed by atoms with Gasteiger partial charge in [-0.25, -0.2) is 4.79 Å². The van der Waals surface area contributed by atoms with E-state index in [1.54, 1.807) is 6.08 Å². The molecule has 2 aromatic rings. The Bertz CT molecular complexity index is 923. The maximum absolute atomic E-state index is 12.3. The third-order valence-corrected chi connectivity index (χ3v) is 3.77. The lowest BCUT2D eigenvalue weighted by molar-refractivity contribution is -0.384. The van der Waals surface area contributed by atoms with Crippen molar-refractivity contribution in [1.29, 1.82) is 0 Å². The van der Waals surface area contributed by atoms with Crippen molar-refractivity contribution in [2.24, 2.45) is 0 Å². The number of hydrogen-bond donors (Lipinski definition) is 1. The lowest BCUT2D eigenvalue weighted by atomic mass is 10.1. The van der Waals surface area contributed by atoms with Crippen LogP contribution < -0.4 is 10.1 Å². The number of methoxy groups -OCH3 is 1. The number of nitro groups is 1. The van der Waals surface area contributed by atoms with Gasteiger partial charge in [0.25, 0.3) is 11.6 Å². The third kappa shape index (κ3) is 5.66. The van der Waals surface area contributed by atoms with Crippen LogP contribution in [0.4, 0.5) is 11.4 Å². The summed E-state index contributed by atoms with van der Waals surface area (Å²) in [7, 11) is 1.37. The lowest BCUT2D eigenvalue weighted by Gasteiger charge is -2.14.